The van der Waals surface area contributed by atoms with Crippen LogP contribution in [0.4, 0.5) is 0 Å². The van der Waals surface area contributed by atoms with Gasteiger partial charge in [0.15, 0.2) is 0 Å². The molecular weight excluding hydrogens is 254 g/mol. The summed E-state index contributed by atoms with van der Waals surface area (Å²) in [7, 11) is 2.06. The van der Waals surface area contributed by atoms with Crippen LogP contribution in [0.5, 0.6) is 0 Å². The topological polar surface area (TPSA) is 45.8 Å². The number of para-hydroxylation sites is 1. The molecule has 1 aliphatic heterocycles. The van der Waals surface area contributed by atoms with Crippen LogP contribution in [-0.4, -0.2) is 42.9 Å². The number of furan rings is 1. The predicted octanol–water partition coefficient (Wildman–Crippen LogP) is 2.58. The summed E-state index contributed by atoms with van der Waals surface area (Å²) < 4.78 is 11.1. The van der Waals surface area contributed by atoms with E-state index >= 15 is 0 Å². The van der Waals surface area contributed by atoms with Crippen LogP contribution in [-0.2, 0) is 4.74 Å². The van der Waals surface area contributed by atoms with Crippen LogP contribution >= 0.6 is 0 Å². The highest BCUT2D eigenvalue weighted by molar-refractivity contribution is 5.77. The average Bonchev–Trinajstić information content (AvgIpc) is 2.92. The molecule has 1 saturated heterocycles. The molecule has 3 rings (SSSR count). The second-order valence-electron chi connectivity index (χ2n) is 5.49. The first kappa shape index (κ1) is 13.6. The lowest BCUT2D eigenvalue weighted by Crippen LogP contribution is -2.38. The van der Waals surface area contributed by atoms with Gasteiger partial charge in [-0.1, -0.05) is 18.2 Å². The Balaban J connectivity index is 1.67. The van der Waals surface area contributed by atoms with E-state index in [4.69, 9.17) is 9.15 Å². The second-order valence-corrected chi connectivity index (χ2v) is 5.49. The number of aliphatic hydroxyl groups excluding tert-OH is 1. The van der Waals surface area contributed by atoms with Crippen molar-refractivity contribution in [2.75, 3.05) is 26.8 Å². The van der Waals surface area contributed by atoms with Gasteiger partial charge in [0.1, 0.15) is 17.4 Å². The zero-order valence-electron chi connectivity index (χ0n) is 11.8. The van der Waals surface area contributed by atoms with E-state index in [0.717, 1.165) is 37.0 Å². The number of benzene rings is 1. The van der Waals surface area contributed by atoms with Gasteiger partial charge in [0.25, 0.3) is 0 Å². The average molecular weight is 275 g/mol. The monoisotopic (exact) mass is 275 g/mol. The van der Waals surface area contributed by atoms with Crippen molar-refractivity contribution in [1.82, 2.24) is 4.90 Å². The van der Waals surface area contributed by atoms with E-state index in [1.165, 1.54) is 0 Å². The van der Waals surface area contributed by atoms with Crippen LogP contribution < -0.4 is 0 Å². The molecule has 4 nitrogen and oxygen atoms in total. The molecule has 0 spiro atoms. The quantitative estimate of drug-likeness (QED) is 0.931. The lowest BCUT2D eigenvalue weighted by atomic mass is 10.1. The first-order valence-corrected chi connectivity index (χ1v) is 7.18. The minimum atomic E-state index is -0.588. The molecule has 108 valence electrons. The maximum absolute atomic E-state index is 10.4. The highest BCUT2D eigenvalue weighted by Crippen LogP contribution is 2.25. The van der Waals surface area contributed by atoms with Gasteiger partial charge in [-0.25, -0.2) is 0 Å². The highest BCUT2D eigenvalue weighted by Gasteiger charge is 2.22. The summed E-state index contributed by atoms with van der Waals surface area (Å²) in [4.78, 5) is 2.21. The summed E-state index contributed by atoms with van der Waals surface area (Å²) in [6.07, 6.45) is 1.47. The summed E-state index contributed by atoms with van der Waals surface area (Å²) in [6.45, 7) is 2.22. The number of hydrogen-bond donors (Lipinski definition) is 1. The molecule has 2 heterocycles. The molecule has 1 aromatic heterocycles. The Kier molecular flexibility index (Phi) is 4.05. The molecule has 0 saturated carbocycles. The molecule has 1 aromatic carbocycles. The van der Waals surface area contributed by atoms with Gasteiger partial charge in [0.05, 0.1) is 0 Å². The molecule has 0 bridgehead atoms. The van der Waals surface area contributed by atoms with Gasteiger partial charge in [0, 0.05) is 31.2 Å². The largest absolute Gasteiger partial charge is 0.458 e. The number of nitrogens with zero attached hydrogens (tertiary/aromatic N) is 1. The van der Waals surface area contributed by atoms with E-state index in [9.17, 15) is 5.11 Å². The Morgan fingerprint density at radius 2 is 2.05 bits per heavy atom. The molecule has 1 aliphatic rings. The molecule has 0 radical (unpaired) electrons. The van der Waals surface area contributed by atoms with Gasteiger partial charge in [-0.15, -0.1) is 0 Å². The van der Waals surface area contributed by atoms with E-state index in [1.807, 2.05) is 30.3 Å². The first-order valence-electron chi connectivity index (χ1n) is 7.18. The van der Waals surface area contributed by atoms with Crippen molar-refractivity contribution >= 4 is 11.0 Å². The van der Waals surface area contributed by atoms with Crippen LogP contribution in [0.2, 0.25) is 0 Å². The van der Waals surface area contributed by atoms with Gasteiger partial charge in [-0.2, -0.15) is 0 Å². The number of ether oxygens (including phenoxy) is 1. The third-order valence-electron chi connectivity index (χ3n) is 4.05. The standard InChI is InChI=1S/C16H21NO3/c1-17(13-6-8-19-9-7-13)11-14(18)16-10-12-4-2-3-5-15(12)20-16/h2-5,10,13-14,18H,6-9,11H2,1H3. The Hall–Kier alpha value is -1.36. The molecule has 1 atom stereocenters. The van der Waals surface area contributed by atoms with Crippen LogP contribution in [0, 0.1) is 0 Å². The summed E-state index contributed by atoms with van der Waals surface area (Å²) in [5.41, 5.74) is 0.829. The van der Waals surface area contributed by atoms with Crippen molar-refractivity contribution < 1.29 is 14.3 Å². The van der Waals surface area contributed by atoms with Gasteiger partial charge >= 0.3 is 0 Å². The Labute approximate surface area is 118 Å². The minimum absolute atomic E-state index is 0.489. The zero-order valence-corrected chi connectivity index (χ0v) is 11.8. The fourth-order valence-corrected chi connectivity index (χ4v) is 2.80. The van der Waals surface area contributed by atoms with Crippen molar-refractivity contribution in [1.29, 1.82) is 0 Å². The summed E-state index contributed by atoms with van der Waals surface area (Å²) in [5, 5.41) is 11.4. The normalized spacial score (nSPS) is 18.8. The molecule has 1 unspecified atom stereocenters. The van der Waals surface area contributed by atoms with Crippen molar-refractivity contribution in [3.8, 4) is 0 Å². The Bertz CT molecular complexity index is 527. The van der Waals surface area contributed by atoms with Gasteiger partial charge in [-0.3, -0.25) is 0 Å². The maximum atomic E-state index is 10.4. The fourth-order valence-electron chi connectivity index (χ4n) is 2.80. The van der Waals surface area contributed by atoms with E-state index in [-0.39, 0.29) is 0 Å². The smallest absolute Gasteiger partial charge is 0.135 e. The van der Waals surface area contributed by atoms with Crippen molar-refractivity contribution in [2.45, 2.75) is 25.0 Å². The molecule has 0 amide bonds. The van der Waals surface area contributed by atoms with E-state index in [2.05, 4.69) is 11.9 Å². The summed E-state index contributed by atoms with van der Waals surface area (Å²) >= 11 is 0. The summed E-state index contributed by atoms with van der Waals surface area (Å²) in [5.74, 6) is 0.644. The Morgan fingerprint density at radius 3 is 2.80 bits per heavy atom. The number of hydrogen-bond acceptors (Lipinski definition) is 4. The highest BCUT2D eigenvalue weighted by atomic mass is 16.5. The van der Waals surface area contributed by atoms with Crippen LogP contribution in [0.25, 0.3) is 11.0 Å². The van der Waals surface area contributed by atoms with Crippen LogP contribution in [0.1, 0.15) is 24.7 Å². The van der Waals surface area contributed by atoms with Gasteiger partial charge < -0.3 is 19.2 Å². The van der Waals surface area contributed by atoms with E-state index in [1.54, 1.807) is 0 Å². The number of likely N-dealkylation sites (N-methyl/N-ethyl adjacent to an activating group) is 1. The zero-order chi connectivity index (χ0) is 13.9. The van der Waals surface area contributed by atoms with Gasteiger partial charge in [0.2, 0.25) is 0 Å². The first-order chi connectivity index (χ1) is 9.74. The van der Waals surface area contributed by atoms with Crippen molar-refractivity contribution in [3.05, 3.63) is 36.1 Å². The van der Waals surface area contributed by atoms with Crippen LogP contribution in [0.15, 0.2) is 34.7 Å². The third-order valence-corrected chi connectivity index (χ3v) is 4.05. The Morgan fingerprint density at radius 1 is 1.30 bits per heavy atom. The van der Waals surface area contributed by atoms with Crippen LogP contribution in [0.3, 0.4) is 0 Å². The van der Waals surface area contributed by atoms with E-state index < -0.39 is 6.10 Å². The molecule has 1 fully saturated rings. The fraction of sp³-hybridized carbons (Fsp3) is 0.500. The van der Waals surface area contributed by atoms with Crippen molar-refractivity contribution in [3.63, 3.8) is 0 Å². The summed E-state index contributed by atoms with van der Waals surface area (Å²) in [6, 6.07) is 10.3. The number of fused-ring (bicyclic) bond motifs is 1. The molecule has 20 heavy (non-hydrogen) atoms. The lowest BCUT2D eigenvalue weighted by Gasteiger charge is -2.32. The van der Waals surface area contributed by atoms with Gasteiger partial charge in [-0.05, 0) is 32.0 Å². The predicted molar refractivity (Wildman–Crippen MR) is 77.6 cm³/mol. The SMILES string of the molecule is CN(CC(O)c1cc2ccccc2o1)C1CCOCC1. The minimum Gasteiger partial charge on any atom is -0.458 e. The molecule has 1 N–H and O–H groups in total. The van der Waals surface area contributed by atoms with E-state index in [0.29, 0.717) is 18.3 Å². The molecule has 2 aromatic rings. The molecule has 4 heteroatoms. The van der Waals surface area contributed by atoms with Crippen molar-refractivity contribution in [2.24, 2.45) is 0 Å². The number of aliphatic hydroxyl groups is 1. The second kappa shape index (κ2) is 5.95. The third kappa shape index (κ3) is 2.87. The lowest BCUT2D eigenvalue weighted by molar-refractivity contribution is 0.0218. The molecular formula is C16H21NO3. The number of rotatable bonds is 4. The maximum Gasteiger partial charge on any atom is 0.135 e. The molecule has 0 aliphatic carbocycles.